The SMILES string of the molecule is CNC(=O)c1ccc(NCc2ccccc2Cl)c(N)c1. The van der Waals surface area contributed by atoms with Crippen LogP contribution in [0, 0.1) is 0 Å². The van der Waals surface area contributed by atoms with Gasteiger partial charge < -0.3 is 16.4 Å². The second kappa shape index (κ2) is 6.30. The van der Waals surface area contributed by atoms with Crippen LogP contribution in [0.1, 0.15) is 15.9 Å². The van der Waals surface area contributed by atoms with Crippen molar-refractivity contribution in [1.82, 2.24) is 5.32 Å². The number of nitrogens with two attached hydrogens (primary N) is 1. The van der Waals surface area contributed by atoms with Crippen molar-refractivity contribution in [2.75, 3.05) is 18.1 Å². The van der Waals surface area contributed by atoms with Gasteiger partial charge in [0.05, 0.1) is 11.4 Å². The molecule has 0 radical (unpaired) electrons. The van der Waals surface area contributed by atoms with Gasteiger partial charge in [-0.1, -0.05) is 29.8 Å². The minimum atomic E-state index is -0.158. The summed E-state index contributed by atoms with van der Waals surface area (Å²) in [6, 6.07) is 12.8. The van der Waals surface area contributed by atoms with Gasteiger partial charge in [0.25, 0.3) is 5.91 Å². The maximum absolute atomic E-state index is 11.5. The number of benzene rings is 2. The number of hydrogen-bond acceptors (Lipinski definition) is 3. The third-order valence-electron chi connectivity index (χ3n) is 2.97. The molecule has 1 amide bonds. The number of hydrogen-bond donors (Lipinski definition) is 3. The highest BCUT2D eigenvalue weighted by Crippen LogP contribution is 2.22. The van der Waals surface area contributed by atoms with Crippen LogP contribution in [-0.4, -0.2) is 13.0 Å². The number of carbonyl (C=O) groups excluding carboxylic acids is 1. The molecular weight excluding hydrogens is 274 g/mol. The lowest BCUT2D eigenvalue weighted by Crippen LogP contribution is -2.18. The van der Waals surface area contributed by atoms with Crippen LogP contribution in [0.4, 0.5) is 11.4 Å². The van der Waals surface area contributed by atoms with Crippen molar-refractivity contribution in [3.05, 3.63) is 58.6 Å². The molecule has 0 saturated heterocycles. The van der Waals surface area contributed by atoms with Gasteiger partial charge >= 0.3 is 0 Å². The lowest BCUT2D eigenvalue weighted by Gasteiger charge is -2.11. The standard InChI is InChI=1S/C15H16ClN3O/c1-18-15(20)10-6-7-14(13(17)8-10)19-9-11-4-2-3-5-12(11)16/h2-8,19H,9,17H2,1H3,(H,18,20). The maximum atomic E-state index is 11.5. The minimum Gasteiger partial charge on any atom is -0.397 e. The molecule has 20 heavy (non-hydrogen) atoms. The van der Waals surface area contributed by atoms with E-state index in [1.54, 1.807) is 25.2 Å². The van der Waals surface area contributed by atoms with E-state index in [1.165, 1.54) is 0 Å². The quantitative estimate of drug-likeness (QED) is 0.758. The van der Waals surface area contributed by atoms with Crippen molar-refractivity contribution in [3.63, 3.8) is 0 Å². The van der Waals surface area contributed by atoms with Crippen molar-refractivity contribution in [3.8, 4) is 0 Å². The summed E-state index contributed by atoms with van der Waals surface area (Å²) in [6.45, 7) is 0.573. The predicted molar refractivity (Wildman–Crippen MR) is 83.0 cm³/mol. The molecule has 0 bridgehead atoms. The molecule has 0 saturated carbocycles. The number of halogens is 1. The van der Waals surface area contributed by atoms with Crippen LogP contribution >= 0.6 is 11.6 Å². The molecule has 4 nitrogen and oxygen atoms in total. The molecule has 2 aromatic rings. The molecule has 0 spiro atoms. The Balaban J connectivity index is 2.11. The normalized spacial score (nSPS) is 10.1. The lowest BCUT2D eigenvalue weighted by atomic mass is 10.1. The molecule has 0 fully saturated rings. The van der Waals surface area contributed by atoms with Crippen molar-refractivity contribution >= 4 is 28.9 Å². The van der Waals surface area contributed by atoms with Crippen LogP contribution in [0.3, 0.4) is 0 Å². The lowest BCUT2D eigenvalue weighted by molar-refractivity contribution is 0.0963. The average molecular weight is 290 g/mol. The Morgan fingerprint density at radius 3 is 2.65 bits per heavy atom. The maximum Gasteiger partial charge on any atom is 0.251 e. The van der Waals surface area contributed by atoms with E-state index in [9.17, 15) is 4.79 Å². The summed E-state index contributed by atoms with van der Waals surface area (Å²) >= 11 is 6.09. The van der Waals surface area contributed by atoms with Crippen molar-refractivity contribution < 1.29 is 4.79 Å². The topological polar surface area (TPSA) is 67.2 Å². The molecular formula is C15H16ClN3O. The number of nitrogen functional groups attached to an aromatic ring is 1. The van der Waals surface area contributed by atoms with Crippen LogP contribution in [0.5, 0.6) is 0 Å². The Kier molecular flexibility index (Phi) is 4.48. The number of carbonyl (C=O) groups is 1. The zero-order chi connectivity index (χ0) is 14.5. The highest BCUT2D eigenvalue weighted by Gasteiger charge is 2.07. The fraction of sp³-hybridized carbons (Fsp3) is 0.133. The number of anilines is 2. The first kappa shape index (κ1) is 14.2. The van der Waals surface area contributed by atoms with E-state index in [-0.39, 0.29) is 5.91 Å². The highest BCUT2D eigenvalue weighted by molar-refractivity contribution is 6.31. The van der Waals surface area contributed by atoms with Gasteiger partial charge in [0.1, 0.15) is 0 Å². The van der Waals surface area contributed by atoms with Gasteiger partial charge in [0.15, 0.2) is 0 Å². The molecule has 104 valence electrons. The molecule has 0 aliphatic carbocycles. The predicted octanol–water partition coefficient (Wildman–Crippen LogP) is 2.89. The van der Waals surface area contributed by atoms with Crippen molar-refractivity contribution in [1.29, 1.82) is 0 Å². The second-order valence-electron chi connectivity index (χ2n) is 4.33. The summed E-state index contributed by atoms with van der Waals surface area (Å²) < 4.78 is 0. The molecule has 0 heterocycles. The molecule has 0 aliphatic rings. The van der Waals surface area contributed by atoms with Gasteiger partial charge in [-0.05, 0) is 29.8 Å². The Labute approximate surface area is 122 Å². The van der Waals surface area contributed by atoms with Gasteiger partial charge in [-0.25, -0.2) is 0 Å². The van der Waals surface area contributed by atoms with Crippen molar-refractivity contribution in [2.24, 2.45) is 0 Å². The zero-order valence-corrected chi connectivity index (χ0v) is 11.9. The Bertz CT molecular complexity index is 628. The number of amides is 1. The number of nitrogens with one attached hydrogen (secondary N) is 2. The van der Waals surface area contributed by atoms with Gasteiger partial charge in [-0.2, -0.15) is 0 Å². The van der Waals surface area contributed by atoms with E-state index >= 15 is 0 Å². The third-order valence-corrected chi connectivity index (χ3v) is 3.34. The first-order valence-electron chi connectivity index (χ1n) is 6.20. The fourth-order valence-corrected chi connectivity index (χ4v) is 2.04. The monoisotopic (exact) mass is 289 g/mol. The van der Waals surface area contributed by atoms with Crippen LogP contribution in [0.25, 0.3) is 0 Å². The van der Waals surface area contributed by atoms with Crippen LogP contribution < -0.4 is 16.4 Å². The van der Waals surface area contributed by atoms with E-state index in [0.717, 1.165) is 11.3 Å². The minimum absolute atomic E-state index is 0.158. The Morgan fingerprint density at radius 1 is 1.25 bits per heavy atom. The number of rotatable bonds is 4. The highest BCUT2D eigenvalue weighted by atomic mass is 35.5. The van der Waals surface area contributed by atoms with Gasteiger partial charge in [0, 0.05) is 24.2 Å². The zero-order valence-electron chi connectivity index (χ0n) is 11.1. The van der Waals surface area contributed by atoms with E-state index in [2.05, 4.69) is 10.6 Å². The van der Waals surface area contributed by atoms with Crippen LogP contribution in [0.2, 0.25) is 5.02 Å². The Morgan fingerprint density at radius 2 is 2.00 bits per heavy atom. The molecule has 0 atom stereocenters. The summed E-state index contributed by atoms with van der Waals surface area (Å²) in [5.74, 6) is -0.158. The van der Waals surface area contributed by atoms with Gasteiger partial charge in [-0.3, -0.25) is 4.79 Å². The smallest absolute Gasteiger partial charge is 0.251 e. The largest absolute Gasteiger partial charge is 0.397 e. The molecule has 0 aromatic heterocycles. The first-order valence-corrected chi connectivity index (χ1v) is 6.58. The first-order chi connectivity index (χ1) is 9.61. The molecule has 4 N–H and O–H groups in total. The second-order valence-corrected chi connectivity index (χ2v) is 4.73. The van der Waals surface area contributed by atoms with Gasteiger partial charge in [-0.15, -0.1) is 0 Å². The van der Waals surface area contributed by atoms with Crippen LogP contribution in [-0.2, 0) is 6.54 Å². The fourth-order valence-electron chi connectivity index (χ4n) is 1.84. The molecule has 2 rings (SSSR count). The summed E-state index contributed by atoms with van der Waals surface area (Å²) in [4.78, 5) is 11.5. The van der Waals surface area contributed by atoms with E-state index in [4.69, 9.17) is 17.3 Å². The summed E-state index contributed by atoms with van der Waals surface area (Å²) in [5, 5.41) is 6.48. The summed E-state index contributed by atoms with van der Waals surface area (Å²) in [7, 11) is 1.59. The van der Waals surface area contributed by atoms with Gasteiger partial charge in [0.2, 0.25) is 0 Å². The van der Waals surface area contributed by atoms with E-state index in [1.807, 2.05) is 24.3 Å². The average Bonchev–Trinajstić information content (AvgIpc) is 2.46. The van der Waals surface area contributed by atoms with E-state index in [0.29, 0.717) is 22.8 Å². The third kappa shape index (κ3) is 3.22. The van der Waals surface area contributed by atoms with E-state index < -0.39 is 0 Å². The molecule has 2 aromatic carbocycles. The molecule has 5 heteroatoms. The molecule has 0 aliphatic heterocycles. The Hall–Kier alpha value is -2.20. The van der Waals surface area contributed by atoms with Crippen LogP contribution in [0.15, 0.2) is 42.5 Å². The van der Waals surface area contributed by atoms with Crippen molar-refractivity contribution in [2.45, 2.75) is 6.54 Å². The summed E-state index contributed by atoms with van der Waals surface area (Å²) in [5.41, 5.74) is 8.77. The molecule has 0 unspecified atom stereocenters. The summed E-state index contributed by atoms with van der Waals surface area (Å²) in [6.07, 6.45) is 0.